The minimum atomic E-state index is -0.706. The zero-order valence-corrected chi connectivity index (χ0v) is 9.58. The van der Waals surface area contributed by atoms with Crippen molar-refractivity contribution in [2.75, 3.05) is 0 Å². The summed E-state index contributed by atoms with van der Waals surface area (Å²) in [5.41, 5.74) is 0. The highest BCUT2D eigenvalue weighted by atomic mass is 17.4. The van der Waals surface area contributed by atoms with Gasteiger partial charge in [-0.2, -0.15) is 19.6 Å². The highest BCUT2D eigenvalue weighted by Crippen LogP contribution is 2.40. The average molecular weight is 216 g/mol. The van der Waals surface area contributed by atoms with Crippen molar-refractivity contribution in [3.8, 4) is 0 Å². The van der Waals surface area contributed by atoms with Crippen molar-refractivity contribution in [3.63, 3.8) is 0 Å². The summed E-state index contributed by atoms with van der Waals surface area (Å²) < 4.78 is 0. The molecule has 0 bridgehead atoms. The van der Waals surface area contributed by atoms with Crippen LogP contribution < -0.4 is 0 Å². The Labute approximate surface area is 90.7 Å². The molecule has 4 heteroatoms. The summed E-state index contributed by atoms with van der Waals surface area (Å²) in [5, 5.41) is 0. The first-order valence-electron chi connectivity index (χ1n) is 5.98. The van der Waals surface area contributed by atoms with Crippen molar-refractivity contribution in [1.29, 1.82) is 0 Å². The van der Waals surface area contributed by atoms with E-state index in [0.717, 1.165) is 38.5 Å². The fraction of sp³-hybridized carbons (Fsp3) is 1.00. The highest BCUT2D eigenvalue weighted by molar-refractivity contribution is 4.75. The van der Waals surface area contributed by atoms with Crippen molar-refractivity contribution in [3.05, 3.63) is 0 Å². The summed E-state index contributed by atoms with van der Waals surface area (Å²) >= 11 is 0. The van der Waals surface area contributed by atoms with Gasteiger partial charge >= 0.3 is 0 Å². The maximum atomic E-state index is 5.46. The van der Waals surface area contributed by atoms with Crippen LogP contribution in [0, 0.1) is 0 Å². The van der Waals surface area contributed by atoms with Crippen molar-refractivity contribution in [2.45, 2.75) is 70.4 Å². The Morgan fingerprint density at radius 1 is 0.800 bits per heavy atom. The minimum Gasteiger partial charge on any atom is -0.195 e. The van der Waals surface area contributed by atoms with Crippen LogP contribution in [0.5, 0.6) is 0 Å². The highest BCUT2D eigenvalue weighted by Gasteiger charge is 2.47. The van der Waals surface area contributed by atoms with Crippen LogP contribution >= 0.6 is 0 Å². The predicted octanol–water partition coefficient (Wildman–Crippen LogP) is 3.07. The van der Waals surface area contributed by atoms with Gasteiger partial charge in [0.2, 0.25) is 11.6 Å². The summed E-state index contributed by atoms with van der Waals surface area (Å²) in [6, 6.07) is 0. The summed E-state index contributed by atoms with van der Waals surface area (Å²) in [4.78, 5) is 21.7. The number of hydrogen-bond acceptors (Lipinski definition) is 4. The van der Waals surface area contributed by atoms with E-state index in [1.54, 1.807) is 0 Å². The molecule has 1 saturated carbocycles. The Morgan fingerprint density at radius 2 is 1.33 bits per heavy atom. The lowest BCUT2D eigenvalue weighted by atomic mass is 9.94. The molecule has 0 atom stereocenters. The minimum absolute atomic E-state index is 0.633. The average Bonchev–Trinajstić information content (AvgIpc) is 2.32. The molecular formula is C11H20O4. The predicted molar refractivity (Wildman–Crippen MR) is 53.5 cm³/mol. The molecule has 2 rings (SSSR count). The molecule has 2 fully saturated rings. The Morgan fingerprint density at radius 3 is 1.80 bits per heavy atom. The molecule has 1 heterocycles. The van der Waals surface area contributed by atoms with Crippen molar-refractivity contribution in [1.82, 2.24) is 0 Å². The van der Waals surface area contributed by atoms with E-state index in [1.807, 2.05) is 13.8 Å². The zero-order valence-electron chi connectivity index (χ0n) is 9.58. The molecule has 4 nitrogen and oxygen atoms in total. The van der Waals surface area contributed by atoms with Crippen LogP contribution in [-0.2, 0) is 19.6 Å². The van der Waals surface area contributed by atoms with Gasteiger partial charge in [-0.05, 0) is 12.8 Å². The monoisotopic (exact) mass is 216 g/mol. The van der Waals surface area contributed by atoms with Gasteiger partial charge in [0.15, 0.2) is 0 Å². The smallest absolute Gasteiger partial charge is 0.195 e. The largest absolute Gasteiger partial charge is 0.234 e. The first kappa shape index (κ1) is 11.3. The summed E-state index contributed by atoms with van der Waals surface area (Å²) in [6.07, 6.45) is 6.61. The SMILES string of the molecule is CCC1(CC)OOC2(CCCCC2)OO1. The summed E-state index contributed by atoms with van der Waals surface area (Å²) in [6.45, 7) is 3.99. The molecule has 1 aliphatic heterocycles. The maximum absolute atomic E-state index is 5.46. The van der Waals surface area contributed by atoms with E-state index in [9.17, 15) is 0 Å². The van der Waals surface area contributed by atoms with Crippen LogP contribution in [0.4, 0.5) is 0 Å². The molecule has 0 unspecified atom stereocenters. The van der Waals surface area contributed by atoms with E-state index >= 15 is 0 Å². The quantitative estimate of drug-likeness (QED) is 0.665. The van der Waals surface area contributed by atoms with Gasteiger partial charge in [0.25, 0.3) is 0 Å². The molecule has 15 heavy (non-hydrogen) atoms. The fourth-order valence-electron chi connectivity index (χ4n) is 2.07. The summed E-state index contributed by atoms with van der Waals surface area (Å²) in [7, 11) is 0. The van der Waals surface area contributed by atoms with Crippen LogP contribution in [0.25, 0.3) is 0 Å². The van der Waals surface area contributed by atoms with Crippen molar-refractivity contribution >= 4 is 0 Å². The topological polar surface area (TPSA) is 36.9 Å². The first-order valence-corrected chi connectivity index (χ1v) is 5.98. The van der Waals surface area contributed by atoms with Gasteiger partial charge in [-0.1, -0.05) is 20.3 Å². The number of hydrogen-bond donors (Lipinski definition) is 0. The molecular weight excluding hydrogens is 196 g/mol. The normalized spacial score (nSPS) is 29.2. The standard InChI is InChI=1S/C11H20O4/c1-3-10(4-2)12-14-11(15-13-10)8-6-5-7-9-11/h3-9H2,1-2H3. The third kappa shape index (κ3) is 2.18. The Bertz CT molecular complexity index is 195. The van der Waals surface area contributed by atoms with Crippen LogP contribution in [-0.4, -0.2) is 11.6 Å². The molecule has 1 saturated heterocycles. The molecule has 2 aliphatic rings. The molecule has 1 spiro atoms. The number of rotatable bonds is 2. The van der Waals surface area contributed by atoms with Crippen LogP contribution in [0.1, 0.15) is 58.8 Å². The van der Waals surface area contributed by atoms with Gasteiger partial charge in [-0.15, -0.1) is 0 Å². The van der Waals surface area contributed by atoms with Gasteiger partial charge in [-0.3, -0.25) is 0 Å². The van der Waals surface area contributed by atoms with E-state index in [0.29, 0.717) is 0 Å². The maximum Gasteiger partial charge on any atom is 0.234 e. The first-order chi connectivity index (χ1) is 7.24. The van der Waals surface area contributed by atoms with Crippen molar-refractivity contribution < 1.29 is 19.6 Å². The molecule has 0 aromatic carbocycles. The van der Waals surface area contributed by atoms with E-state index in [2.05, 4.69) is 0 Å². The van der Waals surface area contributed by atoms with E-state index in [-0.39, 0.29) is 0 Å². The third-order valence-electron chi connectivity index (χ3n) is 3.38. The lowest BCUT2D eigenvalue weighted by Crippen LogP contribution is -2.51. The van der Waals surface area contributed by atoms with Crippen LogP contribution in [0.15, 0.2) is 0 Å². The lowest BCUT2D eigenvalue weighted by molar-refractivity contribution is -0.660. The molecule has 88 valence electrons. The Kier molecular flexibility index (Phi) is 3.30. The lowest BCUT2D eigenvalue weighted by Gasteiger charge is -2.43. The van der Waals surface area contributed by atoms with Crippen molar-refractivity contribution in [2.24, 2.45) is 0 Å². The fourth-order valence-corrected chi connectivity index (χ4v) is 2.07. The zero-order chi connectivity index (χ0) is 10.8. The van der Waals surface area contributed by atoms with Gasteiger partial charge in [-0.25, -0.2) is 0 Å². The second kappa shape index (κ2) is 4.37. The van der Waals surface area contributed by atoms with E-state index in [4.69, 9.17) is 19.6 Å². The Hall–Kier alpha value is -0.160. The summed E-state index contributed by atoms with van der Waals surface area (Å²) in [5.74, 6) is -1.34. The van der Waals surface area contributed by atoms with E-state index in [1.165, 1.54) is 6.42 Å². The molecule has 0 aromatic heterocycles. The van der Waals surface area contributed by atoms with Gasteiger partial charge in [0.05, 0.1) is 0 Å². The second-order valence-corrected chi connectivity index (χ2v) is 4.42. The van der Waals surface area contributed by atoms with Crippen LogP contribution in [0.3, 0.4) is 0 Å². The van der Waals surface area contributed by atoms with Crippen LogP contribution in [0.2, 0.25) is 0 Å². The second-order valence-electron chi connectivity index (χ2n) is 4.42. The van der Waals surface area contributed by atoms with E-state index < -0.39 is 11.6 Å². The molecule has 0 radical (unpaired) electrons. The van der Waals surface area contributed by atoms with Gasteiger partial charge < -0.3 is 0 Å². The molecule has 0 N–H and O–H groups in total. The Balaban J connectivity index is 1.95. The molecule has 0 amide bonds. The molecule has 0 aromatic rings. The van der Waals surface area contributed by atoms with Gasteiger partial charge in [0, 0.05) is 25.7 Å². The third-order valence-corrected chi connectivity index (χ3v) is 3.38. The molecule has 1 aliphatic carbocycles. The van der Waals surface area contributed by atoms with Gasteiger partial charge in [0.1, 0.15) is 0 Å².